The number of aryl methyl sites for hydroxylation is 1. The molecule has 19 heavy (non-hydrogen) atoms. The largest absolute Gasteiger partial charge is 0.468 e. The van der Waals surface area contributed by atoms with Crippen molar-refractivity contribution >= 4 is 17.6 Å². The van der Waals surface area contributed by atoms with Gasteiger partial charge in [0.15, 0.2) is 5.41 Å². The first kappa shape index (κ1) is 13.5. The minimum atomic E-state index is -1.20. The fourth-order valence-corrected chi connectivity index (χ4v) is 2.04. The number of methoxy groups -OCH3 is 1. The van der Waals surface area contributed by atoms with E-state index < -0.39 is 11.4 Å². The van der Waals surface area contributed by atoms with Gasteiger partial charge in [-0.2, -0.15) is 0 Å². The topological polar surface area (TPSA) is 64.6 Å². The standard InChI is InChI=1S/C14H17NO4/c1-3-10-6-4-5-7-11(10)15-12(16)14(8-19-9-14)13(17)18-2/h4-7H,3,8-9H2,1-2H3,(H,15,16). The van der Waals surface area contributed by atoms with Crippen LogP contribution in [0, 0.1) is 5.41 Å². The number of esters is 1. The molecule has 0 spiro atoms. The van der Waals surface area contributed by atoms with E-state index in [4.69, 9.17) is 9.47 Å². The van der Waals surface area contributed by atoms with E-state index in [1.165, 1.54) is 7.11 Å². The van der Waals surface area contributed by atoms with Gasteiger partial charge in [0.1, 0.15) is 0 Å². The summed E-state index contributed by atoms with van der Waals surface area (Å²) >= 11 is 0. The Morgan fingerprint density at radius 3 is 2.58 bits per heavy atom. The fraction of sp³-hybridized carbons (Fsp3) is 0.429. The van der Waals surface area contributed by atoms with E-state index in [1.54, 1.807) is 0 Å². The molecule has 1 fully saturated rings. The molecule has 0 aliphatic carbocycles. The molecule has 0 bridgehead atoms. The molecular formula is C14H17NO4. The SMILES string of the molecule is CCc1ccccc1NC(=O)C1(C(=O)OC)COC1. The Labute approximate surface area is 111 Å². The molecule has 2 rings (SSSR count). The van der Waals surface area contributed by atoms with Crippen LogP contribution in [0.4, 0.5) is 5.69 Å². The molecule has 0 radical (unpaired) electrons. The van der Waals surface area contributed by atoms with Crippen LogP contribution in [0.2, 0.25) is 0 Å². The van der Waals surface area contributed by atoms with Gasteiger partial charge in [-0.25, -0.2) is 0 Å². The lowest BCUT2D eigenvalue weighted by molar-refractivity contribution is -0.185. The lowest BCUT2D eigenvalue weighted by Gasteiger charge is -2.36. The molecule has 0 aromatic heterocycles. The van der Waals surface area contributed by atoms with E-state index in [2.05, 4.69) is 5.32 Å². The Hall–Kier alpha value is -1.88. The summed E-state index contributed by atoms with van der Waals surface area (Å²) in [6, 6.07) is 7.52. The summed E-state index contributed by atoms with van der Waals surface area (Å²) in [6.45, 7) is 2.15. The number of hydrogen-bond donors (Lipinski definition) is 1. The molecule has 102 valence electrons. The highest BCUT2D eigenvalue weighted by molar-refractivity contribution is 6.10. The lowest BCUT2D eigenvalue weighted by Crippen LogP contribution is -2.57. The van der Waals surface area contributed by atoms with Gasteiger partial charge in [-0.3, -0.25) is 9.59 Å². The minimum absolute atomic E-state index is 0.0692. The number of carbonyl (C=O) groups is 2. The van der Waals surface area contributed by atoms with E-state index in [0.29, 0.717) is 0 Å². The molecule has 1 heterocycles. The Morgan fingerprint density at radius 1 is 1.37 bits per heavy atom. The monoisotopic (exact) mass is 263 g/mol. The van der Waals surface area contributed by atoms with E-state index in [1.807, 2.05) is 31.2 Å². The normalized spacial score (nSPS) is 16.3. The maximum Gasteiger partial charge on any atom is 0.326 e. The first-order valence-corrected chi connectivity index (χ1v) is 6.19. The van der Waals surface area contributed by atoms with Crippen molar-refractivity contribution in [3.8, 4) is 0 Å². The number of anilines is 1. The van der Waals surface area contributed by atoms with Crippen LogP contribution in [0.1, 0.15) is 12.5 Å². The lowest BCUT2D eigenvalue weighted by atomic mass is 9.84. The molecule has 0 atom stereocenters. The third-order valence-corrected chi connectivity index (χ3v) is 3.35. The van der Waals surface area contributed by atoms with Crippen LogP contribution in [0.3, 0.4) is 0 Å². The van der Waals surface area contributed by atoms with Crippen LogP contribution in [0.15, 0.2) is 24.3 Å². The summed E-state index contributed by atoms with van der Waals surface area (Å²) in [5, 5.41) is 2.80. The third-order valence-electron chi connectivity index (χ3n) is 3.35. The zero-order valence-corrected chi connectivity index (χ0v) is 11.1. The molecule has 1 aliphatic rings. The summed E-state index contributed by atoms with van der Waals surface area (Å²) in [5.41, 5.74) is 0.552. The number of para-hydroxylation sites is 1. The molecule has 1 aromatic carbocycles. The van der Waals surface area contributed by atoms with Gasteiger partial charge in [-0.05, 0) is 18.1 Å². The van der Waals surface area contributed by atoms with Gasteiger partial charge in [0.05, 0.1) is 20.3 Å². The number of rotatable bonds is 4. The highest BCUT2D eigenvalue weighted by Crippen LogP contribution is 2.31. The molecule has 0 saturated carbocycles. The summed E-state index contributed by atoms with van der Waals surface area (Å²) in [4.78, 5) is 24.0. The van der Waals surface area contributed by atoms with E-state index in [9.17, 15) is 9.59 Å². The Bertz CT molecular complexity index is 494. The molecule has 5 nitrogen and oxygen atoms in total. The van der Waals surface area contributed by atoms with Crippen molar-refractivity contribution in [1.29, 1.82) is 0 Å². The number of nitrogens with one attached hydrogen (secondary N) is 1. The Kier molecular flexibility index (Phi) is 3.85. The molecule has 1 saturated heterocycles. The first-order chi connectivity index (χ1) is 9.14. The average molecular weight is 263 g/mol. The van der Waals surface area contributed by atoms with Crippen LogP contribution in [-0.4, -0.2) is 32.2 Å². The van der Waals surface area contributed by atoms with E-state index >= 15 is 0 Å². The van der Waals surface area contributed by atoms with Crippen LogP contribution in [0.25, 0.3) is 0 Å². The van der Waals surface area contributed by atoms with Gasteiger partial charge in [-0.1, -0.05) is 25.1 Å². The van der Waals surface area contributed by atoms with Gasteiger partial charge < -0.3 is 14.8 Å². The Morgan fingerprint density at radius 2 is 2.05 bits per heavy atom. The van der Waals surface area contributed by atoms with Crippen molar-refractivity contribution in [2.45, 2.75) is 13.3 Å². The molecular weight excluding hydrogens is 246 g/mol. The second kappa shape index (κ2) is 5.40. The van der Waals surface area contributed by atoms with Crippen molar-refractivity contribution in [3.63, 3.8) is 0 Å². The van der Waals surface area contributed by atoms with E-state index in [0.717, 1.165) is 17.7 Å². The summed E-state index contributed by atoms with van der Waals surface area (Å²) < 4.78 is 9.71. The van der Waals surface area contributed by atoms with Crippen molar-refractivity contribution < 1.29 is 19.1 Å². The van der Waals surface area contributed by atoms with Gasteiger partial charge in [-0.15, -0.1) is 0 Å². The van der Waals surface area contributed by atoms with Crippen LogP contribution < -0.4 is 5.32 Å². The van der Waals surface area contributed by atoms with Gasteiger partial charge in [0, 0.05) is 5.69 Å². The first-order valence-electron chi connectivity index (χ1n) is 6.19. The van der Waals surface area contributed by atoms with Crippen molar-refractivity contribution in [2.75, 3.05) is 25.6 Å². The van der Waals surface area contributed by atoms with Crippen LogP contribution in [-0.2, 0) is 25.5 Å². The second-order valence-corrected chi connectivity index (χ2v) is 4.53. The zero-order chi connectivity index (χ0) is 13.9. The van der Waals surface area contributed by atoms with Crippen molar-refractivity contribution in [2.24, 2.45) is 5.41 Å². The summed E-state index contributed by atoms with van der Waals surface area (Å²) in [5.74, 6) is -0.920. The number of benzene rings is 1. The third kappa shape index (κ3) is 2.33. The van der Waals surface area contributed by atoms with Gasteiger partial charge in [0.25, 0.3) is 0 Å². The van der Waals surface area contributed by atoms with Crippen LogP contribution in [0.5, 0.6) is 0 Å². The maximum atomic E-state index is 12.3. The number of hydrogen-bond acceptors (Lipinski definition) is 4. The van der Waals surface area contributed by atoms with Crippen LogP contribution >= 0.6 is 0 Å². The van der Waals surface area contributed by atoms with Gasteiger partial charge in [0.2, 0.25) is 5.91 Å². The number of ether oxygens (including phenoxy) is 2. The second-order valence-electron chi connectivity index (χ2n) is 4.53. The quantitative estimate of drug-likeness (QED) is 0.658. The predicted octanol–water partition coefficient (Wildman–Crippen LogP) is 1.38. The highest BCUT2D eigenvalue weighted by Gasteiger charge is 2.54. The summed E-state index contributed by atoms with van der Waals surface area (Å²) in [7, 11) is 1.27. The molecule has 1 amide bonds. The number of amides is 1. The molecule has 1 aliphatic heterocycles. The van der Waals surface area contributed by atoms with E-state index in [-0.39, 0.29) is 19.1 Å². The highest BCUT2D eigenvalue weighted by atomic mass is 16.5. The molecule has 1 aromatic rings. The molecule has 0 unspecified atom stereocenters. The molecule has 5 heteroatoms. The maximum absolute atomic E-state index is 12.3. The van der Waals surface area contributed by atoms with Crippen molar-refractivity contribution in [1.82, 2.24) is 0 Å². The average Bonchev–Trinajstić information content (AvgIpc) is 2.37. The zero-order valence-electron chi connectivity index (χ0n) is 11.1. The molecule has 1 N–H and O–H groups in total. The smallest absolute Gasteiger partial charge is 0.326 e. The fourth-order valence-electron chi connectivity index (χ4n) is 2.04. The summed E-state index contributed by atoms with van der Waals surface area (Å²) in [6.07, 6.45) is 0.804. The number of carbonyl (C=O) groups excluding carboxylic acids is 2. The predicted molar refractivity (Wildman–Crippen MR) is 69.7 cm³/mol. The minimum Gasteiger partial charge on any atom is -0.468 e. The van der Waals surface area contributed by atoms with Crippen molar-refractivity contribution in [3.05, 3.63) is 29.8 Å². The van der Waals surface area contributed by atoms with Gasteiger partial charge >= 0.3 is 5.97 Å². The Balaban J connectivity index is 2.18.